The van der Waals surface area contributed by atoms with E-state index in [9.17, 15) is 9.59 Å². The summed E-state index contributed by atoms with van der Waals surface area (Å²) in [5.74, 6) is 0.186. The molecule has 3 aromatic rings. The minimum atomic E-state index is -0.472. The number of esters is 1. The van der Waals surface area contributed by atoms with Crippen molar-refractivity contribution in [3.8, 4) is 11.4 Å². The van der Waals surface area contributed by atoms with Crippen molar-refractivity contribution < 1.29 is 18.8 Å². The zero-order chi connectivity index (χ0) is 19.4. The molecule has 0 unspecified atom stereocenters. The van der Waals surface area contributed by atoms with Crippen molar-refractivity contribution in [3.63, 3.8) is 0 Å². The van der Waals surface area contributed by atoms with Crippen molar-refractivity contribution in [1.82, 2.24) is 10.1 Å². The highest BCUT2D eigenvalue weighted by Crippen LogP contribution is 2.19. The van der Waals surface area contributed by atoms with Crippen LogP contribution in [0.5, 0.6) is 0 Å². The fourth-order valence-corrected chi connectivity index (χ4v) is 3.27. The summed E-state index contributed by atoms with van der Waals surface area (Å²) in [6.07, 6.45) is 0.345. The first-order valence-electron chi connectivity index (χ1n) is 8.56. The van der Waals surface area contributed by atoms with Gasteiger partial charge in [0.05, 0.1) is 6.42 Å². The van der Waals surface area contributed by atoms with Gasteiger partial charge in [-0.3, -0.25) is 9.59 Å². The second-order valence-corrected chi connectivity index (χ2v) is 7.14. The predicted molar refractivity (Wildman–Crippen MR) is 102 cm³/mol. The molecule has 0 aliphatic carbocycles. The molecule has 2 heterocycles. The van der Waals surface area contributed by atoms with E-state index in [1.54, 1.807) is 11.3 Å². The molecule has 6 nitrogen and oxygen atoms in total. The van der Waals surface area contributed by atoms with Crippen LogP contribution in [0.15, 0.2) is 33.5 Å². The molecule has 0 saturated carbocycles. The Morgan fingerprint density at radius 3 is 2.67 bits per heavy atom. The number of nitrogens with zero attached hydrogens (tertiary/aromatic N) is 2. The second-order valence-electron chi connectivity index (χ2n) is 6.36. The molecule has 3 rings (SSSR count). The van der Waals surface area contributed by atoms with Gasteiger partial charge in [-0.2, -0.15) is 16.3 Å². The van der Waals surface area contributed by atoms with Crippen molar-refractivity contribution in [2.24, 2.45) is 0 Å². The molecule has 0 N–H and O–H groups in total. The first-order chi connectivity index (χ1) is 12.9. The van der Waals surface area contributed by atoms with Gasteiger partial charge in [0.25, 0.3) is 0 Å². The highest BCUT2D eigenvalue weighted by atomic mass is 32.1. The Labute approximate surface area is 161 Å². The third-order valence-electron chi connectivity index (χ3n) is 4.30. The number of benzene rings is 1. The molecular formula is C20H20N2O4S. The molecule has 7 heteroatoms. The lowest BCUT2D eigenvalue weighted by molar-refractivity contribution is -0.142. The minimum Gasteiger partial charge on any atom is -0.457 e. The van der Waals surface area contributed by atoms with E-state index in [0.717, 1.165) is 22.3 Å². The van der Waals surface area contributed by atoms with Crippen LogP contribution < -0.4 is 0 Å². The fraction of sp³-hybridized carbons (Fsp3) is 0.300. The SMILES string of the molecule is Cc1cc(C)c(C(=O)COC(=O)CCc2nc(-c3ccsc3)no2)cc1C. The Hall–Kier alpha value is -2.80. The molecule has 140 valence electrons. The number of aromatic nitrogens is 2. The lowest BCUT2D eigenvalue weighted by Gasteiger charge is -2.09. The van der Waals surface area contributed by atoms with Crippen LogP contribution in [-0.2, 0) is 16.0 Å². The highest BCUT2D eigenvalue weighted by molar-refractivity contribution is 7.08. The number of ketones is 1. The van der Waals surface area contributed by atoms with E-state index in [1.165, 1.54) is 0 Å². The summed E-state index contributed by atoms with van der Waals surface area (Å²) >= 11 is 1.54. The largest absolute Gasteiger partial charge is 0.457 e. The molecule has 0 spiro atoms. The Bertz CT molecular complexity index is 961. The zero-order valence-corrected chi connectivity index (χ0v) is 16.3. The maximum absolute atomic E-state index is 12.3. The third kappa shape index (κ3) is 4.68. The van der Waals surface area contributed by atoms with E-state index in [0.29, 0.717) is 17.3 Å². The maximum Gasteiger partial charge on any atom is 0.306 e. The van der Waals surface area contributed by atoms with Crippen LogP contribution in [0, 0.1) is 20.8 Å². The summed E-state index contributed by atoms with van der Waals surface area (Å²) in [6.45, 7) is 5.55. The summed E-state index contributed by atoms with van der Waals surface area (Å²) < 4.78 is 10.3. The molecule has 1 aromatic carbocycles. The average molecular weight is 384 g/mol. The predicted octanol–water partition coefficient (Wildman–Crippen LogP) is 4.08. The second kappa shape index (κ2) is 8.26. The van der Waals surface area contributed by atoms with Crippen LogP contribution in [0.25, 0.3) is 11.4 Å². The molecule has 0 saturated heterocycles. The van der Waals surface area contributed by atoms with Crippen LogP contribution in [0.1, 0.15) is 39.4 Å². The molecule has 0 bridgehead atoms. The van der Waals surface area contributed by atoms with E-state index in [2.05, 4.69) is 10.1 Å². The molecule has 0 radical (unpaired) electrons. The number of hydrogen-bond acceptors (Lipinski definition) is 7. The van der Waals surface area contributed by atoms with Crippen molar-refractivity contribution in [2.75, 3.05) is 6.61 Å². The normalized spacial score (nSPS) is 10.8. The van der Waals surface area contributed by atoms with Crippen LogP contribution in [0.2, 0.25) is 0 Å². The maximum atomic E-state index is 12.3. The van der Waals surface area contributed by atoms with Gasteiger partial charge in [-0.15, -0.1) is 0 Å². The Balaban J connectivity index is 1.50. The topological polar surface area (TPSA) is 82.3 Å². The molecular weight excluding hydrogens is 364 g/mol. The summed E-state index contributed by atoms with van der Waals surface area (Å²) in [5, 5.41) is 7.74. The average Bonchev–Trinajstić information content (AvgIpc) is 3.32. The zero-order valence-electron chi connectivity index (χ0n) is 15.4. The van der Waals surface area contributed by atoms with Gasteiger partial charge in [0.1, 0.15) is 0 Å². The quantitative estimate of drug-likeness (QED) is 0.451. The molecule has 0 amide bonds. The number of carbonyl (C=O) groups is 2. The van der Waals surface area contributed by atoms with E-state index < -0.39 is 5.97 Å². The van der Waals surface area contributed by atoms with Gasteiger partial charge in [-0.05, 0) is 55.0 Å². The summed E-state index contributed by atoms with van der Waals surface area (Å²) in [5.41, 5.74) is 4.51. The van der Waals surface area contributed by atoms with Crippen LogP contribution >= 0.6 is 11.3 Å². The van der Waals surface area contributed by atoms with Gasteiger partial charge in [-0.1, -0.05) is 11.2 Å². The highest BCUT2D eigenvalue weighted by Gasteiger charge is 2.15. The monoisotopic (exact) mass is 384 g/mol. The number of aryl methyl sites for hydroxylation is 4. The Kier molecular flexibility index (Phi) is 5.81. The van der Waals surface area contributed by atoms with Crippen molar-refractivity contribution in [2.45, 2.75) is 33.6 Å². The first kappa shape index (κ1) is 19.0. The van der Waals surface area contributed by atoms with Crippen LogP contribution in [0.4, 0.5) is 0 Å². The number of rotatable bonds is 7. The minimum absolute atomic E-state index is 0.0739. The van der Waals surface area contributed by atoms with Gasteiger partial charge in [0.15, 0.2) is 6.61 Å². The van der Waals surface area contributed by atoms with Crippen LogP contribution in [-0.4, -0.2) is 28.5 Å². The third-order valence-corrected chi connectivity index (χ3v) is 4.98. The van der Waals surface area contributed by atoms with E-state index in [4.69, 9.17) is 9.26 Å². The summed E-state index contributed by atoms with van der Waals surface area (Å²) in [7, 11) is 0. The van der Waals surface area contributed by atoms with Gasteiger partial charge in [0, 0.05) is 22.9 Å². The molecule has 0 atom stereocenters. The fourth-order valence-electron chi connectivity index (χ4n) is 2.63. The van der Waals surface area contributed by atoms with Crippen molar-refractivity contribution in [1.29, 1.82) is 0 Å². The Morgan fingerprint density at radius 1 is 1.15 bits per heavy atom. The van der Waals surface area contributed by atoms with Crippen molar-refractivity contribution in [3.05, 3.63) is 57.1 Å². The van der Waals surface area contributed by atoms with Crippen molar-refractivity contribution >= 4 is 23.1 Å². The van der Waals surface area contributed by atoms with E-state index in [-0.39, 0.29) is 25.2 Å². The first-order valence-corrected chi connectivity index (χ1v) is 9.50. The van der Waals surface area contributed by atoms with E-state index >= 15 is 0 Å². The number of Topliss-reactive ketones (excluding diaryl/α,β-unsaturated/α-hetero) is 1. The molecule has 0 aliphatic rings. The molecule has 0 fully saturated rings. The summed E-state index contributed by atoms with van der Waals surface area (Å²) in [4.78, 5) is 28.5. The standard InChI is InChI=1S/C20H20N2O4S/c1-12-8-14(3)16(9-13(12)2)17(23)10-25-19(24)5-4-18-21-20(22-26-18)15-6-7-27-11-15/h6-9,11H,4-5,10H2,1-3H3. The summed E-state index contributed by atoms with van der Waals surface area (Å²) in [6, 6.07) is 5.70. The smallest absolute Gasteiger partial charge is 0.306 e. The molecule has 2 aromatic heterocycles. The number of hydrogen-bond donors (Lipinski definition) is 0. The molecule has 27 heavy (non-hydrogen) atoms. The lowest BCUT2D eigenvalue weighted by Crippen LogP contribution is -2.15. The van der Waals surface area contributed by atoms with Gasteiger partial charge >= 0.3 is 5.97 Å². The molecule has 0 aliphatic heterocycles. The van der Waals surface area contributed by atoms with Gasteiger partial charge in [-0.25, -0.2) is 0 Å². The van der Waals surface area contributed by atoms with E-state index in [1.807, 2.05) is 49.7 Å². The number of ether oxygens (including phenoxy) is 1. The number of thiophene rings is 1. The van der Waals surface area contributed by atoms with Gasteiger partial charge in [0.2, 0.25) is 17.5 Å². The Morgan fingerprint density at radius 2 is 1.93 bits per heavy atom. The van der Waals surface area contributed by atoms with Gasteiger partial charge < -0.3 is 9.26 Å². The number of carbonyl (C=O) groups excluding carboxylic acids is 2. The van der Waals surface area contributed by atoms with Crippen LogP contribution in [0.3, 0.4) is 0 Å². The lowest BCUT2D eigenvalue weighted by atomic mass is 9.98.